The fraction of sp³-hybridized carbons (Fsp3) is 0.455. The van der Waals surface area contributed by atoms with Crippen LogP contribution in [0.3, 0.4) is 0 Å². The van der Waals surface area contributed by atoms with E-state index in [1.54, 1.807) is 17.8 Å². The second kappa shape index (κ2) is 3.83. The lowest BCUT2D eigenvalue weighted by atomic mass is 10.1. The summed E-state index contributed by atoms with van der Waals surface area (Å²) in [5, 5.41) is 4.28. The SMILES string of the molecule is Cc1nn(C)c(N=C=O)c1C1=CCCC1. The van der Waals surface area contributed by atoms with Crippen LogP contribution in [0.5, 0.6) is 0 Å². The van der Waals surface area contributed by atoms with E-state index >= 15 is 0 Å². The fourth-order valence-corrected chi connectivity index (χ4v) is 2.09. The molecule has 0 atom stereocenters. The van der Waals surface area contributed by atoms with Crippen LogP contribution < -0.4 is 0 Å². The van der Waals surface area contributed by atoms with Crippen LogP contribution in [0.15, 0.2) is 11.1 Å². The summed E-state index contributed by atoms with van der Waals surface area (Å²) in [5.74, 6) is 0.621. The first kappa shape index (κ1) is 9.87. The maximum atomic E-state index is 10.4. The molecule has 0 unspecified atom stereocenters. The van der Waals surface area contributed by atoms with Crippen LogP contribution in [0.4, 0.5) is 5.82 Å². The fourth-order valence-electron chi connectivity index (χ4n) is 2.09. The molecule has 0 spiro atoms. The first-order valence-corrected chi connectivity index (χ1v) is 5.05. The molecule has 0 aliphatic heterocycles. The lowest BCUT2D eigenvalue weighted by Crippen LogP contribution is -1.89. The summed E-state index contributed by atoms with van der Waals surface area (Å²) in [6, 6.07) is 0. The monoisotopic (exact) mass is 203 g/mol. The van der Waals surface area contributed by atoms with E-state index in [0.717, 1.165) is 24.1 Å². The number of aryl methyl sites for hydroxylation is 2. The van der Waals surface area contributed by atoms with E-state index in [0.29, 0.717) is 5.82 Å². The number of hydrogen-bond donors (Lipinski definition) is 0. The molecule has 2 rings (SSSR count). The maximum Gasteiger partial charge on any atom is 0.242 e. The van der Waals surface area contributed by atoms with Gasteiger partial charge in [-0.2, -0.15) is 5.10 Å². The Balaban J connectivity index is 2.57. The average Bonchev–Trinajstić information content (AvgIpc) is 2.77. The number of carbonyl (C=O) groups excluding carboxylic acids is 1. The smallest absolute Gasteiger partial charge is 0.242 e. The molecule has 1 aromatic rings. The summed E-state index contributed by atoms with van der Waals surface area (Å²) in [5.41, 5.74) is 3.20. The largest absolute Gasteiger partial charge is 0.249 e. The molecule has 0 radical (unpaired) electrons. The summed E-state index contributed by atoms with van der Waals surface area (Å²) in [7, 11) is 1.79. The minimum Gasteiger partial charge on any atom is -0.249 e. The lowest BCUT2D eigenvalue weighted by molar-refractivity contribution is 0.564. The minimum atomic E-state index is 0.621. The molecule has 0 N–H and O–H groups in total. The Morgan fingerprint density at radius 1 is 1.60 bits per heavy atom. The third-order valence-electron chi connectivity index (χ3n) is 2.71. The van der Waals surface area contributed by atoms with Gasteiger partial charge < -0.3 is 0 Å². The van der Waals surface area contributed by atoms with Crippen molar-refractivity contribution in [3.63, 3.8) is 0 Å². The number of nitrogens with zero attached hydrogens (tertiary/aromatic N) is 3. The highest BCUT2D eigenvalue weighted by Gasteiger charge is 2.18. The van der Waals surface area contributed by atoms with Crippen molar-refractivity contribution in [1.29, 1.82) is 0 Å². The van der Waals surface area contributed by atoms with Gasteiger partial charge >= 0.3 is 0 Å². The number of allylic oxidation sites excluding steroid dienone is 2. The van der Waals surface area contributed by atoms with Crippen LogP contribution in [-0.4, -0.2) is 15.9 Å². The molecule has 0 bridgehead atoms. The molecule has 0 amide bonds. The topological polar surface area (TPSA) is 47.2 Å². The van der Waals surface area contributed by atoms with Crippen molar-refractivity contribution in [1.82, 2.24) is 9.78 Å². The first-order valence-electron chi connectivity index (χ1n) is 5.05. The molecule has 1 aliphatic rings. The molecule has 0 saturated heterocycles. The van der Waals surface area contributed by atoms with Crippen molar-refractivity contribution in [3.05, 3.63) is 17.3 Å². The maximum absolute atomic E-state index is 10.4. The number of hydrogen-bond acceptors (Lipinski definition) is 3. The third kappa shape index (κ3) is 1.64. The Labute approximate surface area is 88.3 Å². The van der Waals surface area contributed by atoms with Crippen molar-refractivity contribution in [2.45, 2.75) is 26.2 Å². The van der Waals surface area contributed by atoms with E-state index in [4.69, 9.17) is 0 Å². The summed E-state index contributed by atoms with van der Waals surface area (Å²) >= 11 is 0. The van der Waals surface area contributed by atoms with E-state index < -0.39 is 0 Å². The van der Waals surface area contributed by atoms with Crippen molar-refractivity contribution in [2.24, 2.45) is 12.0 Å². The molecular formula is C11H13N3O. The van der Waals surface area contributed by atoms with Gasteiger partial charge in [0.15, 0.2) is 5.82 Å². The Morgan fingerprint density at radius 3 is 3.00 bits per heavy atom. The highest BCUT2D eigenvalue weighted by molar-refractivity contribution is 5.76. The quantitative estimate of drug-likeness (QED) is 0.546. The zero-order valence-electron chi connectivity index (χ0n) is 8.95. The number of aromatic nitrogens is 2. The van der Waals surface area contributed by atoms with Crippen molar-refractivity contribution >= 4 is 17.5 Å². The summed E-state index contributed by atoms with van der Waals surface area (Å²) < 4.78 is 1.63. The van der Waals surface area contributed by atoms with Gasteiger partial charge in [-0.1, -0.05) is 6.08 Å². The van der Waals surface area contributed by atoms with Crippen molar-refractivity contribution in [2.75, 3.05) is 0 Å². The van der Waals surface area contributed by atoms with Gasteiger partial charge in [-0.15, -0.1) is 4.99 Å². The van der Waals surface area contributed by atoms with Gasteiger partial charge in [-0.3, -0.25) is 0 Å². The molecule has 0 aromatic carbocycles. The molecule has 1 heterocycles. The number of isocyanates is 1. The van der Waals surface area contributed by atoms with E-state index in [-0.39, 0.29) is 0 Å². The minimum absolute atomic E-state index is 0.621. The van der Waals surface area contributed by atoms with Gasteiger partial charge in [-0.25, -0.2) is 9.48 Å². The van der Waals surface area contributed by atoms with E-state index in [1.807, 2.05) is 6.92 Å². The highest BCUT2D eigenvalue weighted by atomic mass is 16.1. The molecule has 0 fully saturated rings. The molecule has 4 heteroatoms. The third-order valence-corrected chi connectivity index (χ3v) is 2.71. The van der Waals surface area contributed by atoms with Crippen molar-refractivity contribution < 1.29 is 4.79 Å². The lowest BCUT2D eigenvalue weighted by Gasteiger charge is -2.00. The Bertz CT molecular complexity index is 464. The van der Waals surface area contributed by atoms with Crippen LogP contribution in [0.2, 0.25) is 0 Å². The first-order chi connectivity index (χ1) is 7.24. The molecule has 4 nitrogen and oxygen atoms in total. The molecule has 78 valence electrons. The zero-order chi connectivity index (χ0) is 10.8. The zero-order valence-corrected chi connectivity index (χ0v) is 8.95. The normalized spacial score (nSPS) is 14.9. The number of aliphatic imine (C=N–C) groups is 1. The standard InChI is InChI=1S/C11H13N3O/c1-8-10(9-5-3-4-6-9)11(12-7-15)14(2)13-8/h5H,3-4,6H2,1-2H3. The van der Waals surface area contributed by atoms with Crippen molar-refractivity contribution in [3.8, 4) is 0 Å². The average molecular weight is 203 g/mol. The Morgan fingerprint density at radius 2 is 2.40 bits per heavy atom. The van der Waals surface area contributed by atoms with Crippen LogP contribution in [-0.2, 0) is 11.8 Å². The second-order valence-corrected chi connectivity index (χ2v) is 3.73. The number of rotatable bonds is 2. The van der Waals surface area contributed by atoms with E-state index in [1.165, 1.54) is 12.0 Å². The van der Waals surface area contributed by atoms with Gasteiger partial charge in [0.25, 0.3) is 0 Å². The van der Waals surface area contributed by atoms with Crippen LogP contribution in [0.25, 0.3) is 5.57 Å². The van der Waals surface area contributed by atoms with Crippen LogP contribution in [0.1, 0.15) is 30.5 Å². The van der Waals surface area contributed by atoms with Gasteiger partial charge in [0.2, 0.25) is 6.08 Å². The Hall–Kier alpha value is -1.67. The van der Waals surface area contributed by atoms with E-state index in [9.17, 15) is 4.79 Å². The van der Waals surface area contributed by atoms with Gasteiger partial charge in [0.1, 0.15) is 0 Å². The summed E-state index contributed by atoms with van der Waals surface area (Å²) in [4.78, 5) is 14.1. The van der Waals surface area contributed by atoms with Crippen LogP contribution in [0, 0.1) is 6.92 Å². The molecule has 15 heavy (non-hydrogen) atoms. The van der Waals surface area contributed by atoms with Crippen LogP contribution >= 0.6 is 0 Å². The predicted octanol–water partition coefficient (Wildman–Crippen LogP) is 2.26. The molecule has 1 aliphatic carbocycles. The highest BCUT2D eigenvalue weighted by Crippen LogP contribution is 2.35. The van der Waals surface area contributed by atoms with E-state index in [2.05, 4.69) is 16.2 Å². The predicted molar refractivity (Wildman–Crippen MR) is 57.6 cm³/mol. The molecule has 1 aromatic heterocycles. The summed E-state index contributed by atoms with van der Waals surface area (Å²) in [6.07, 6.45) is 7.12. The summed E-state index contributed by atoms with van der Waals surface area (Å²) in [6.45, 7) is 1.94. The molecular weight excluding hydrogens is 190 g/mol. The van der Waals surface area contributed by atoms with Gasteiger partial charge in [0, 0.05) is 12.6 Å². The second-order valence-electron chi connectivity index (χ2n) is 3.73. The molecule has 0 saturated carbocycles. The van der Waals surface area contributed by atoms with Gasteiger partial charge in [-0.05, 0) is 31.8 Å². The Kier molecular flexibility index (Phi) is 2.52. The van der Waals surface area contributed by atoms with Gasteiger partial charge in [0.05, 0.1) is 5.69 Å².